The highest BCUT2D eigenvalue weighted by atomic mass is 19.1. The monoisotopic (exact) mass is 258 g/mol. The number of nitrogens with one attached hydrogen (secondary N) is 1. The van der Waals surface area contributed by atoms with Crippen molar-refractivity contribution in [3.8, 4) is 6.07 Å². The standard InChI is InChI=1S/C12H7FN4O2/c13-8-1-3-9(4-2-8)15-12-6-5-11(17(18)19)10(7-14)16-12/h1-6H,(H,15,16). The zero-order valence-corrected chi connectivity index (χ0v) is 9.50. The Hall–Kier alpha value is -3.01. The van der Waals surface area contributed by atoms with E-state index in [9.17, 15) is 14.5 Å². The first-order valence-electron chi connectivity index (χ1n) is 5.18. The number of nitrogens with zero attached hydrogens (tertiary/aromatic N) is 3. The first kappa shape index (κ1) is 12.4. The second kappa shape index (κ2) is 5.10. The van der Waals surface area contributed by atoms with E-state index in [0.717, 1.165) is 0 Å². The van der Waals surface area contributed by atoms with E-state index in [1.165, 1.54) is 36.4 Å². The zero-order chi connectivity index (χ0) is 13.8. The van der Waals surface area contributed by atoms with Crippen molar-refractivity contribution < 1.29 is 9.31 Å². The van der Waals surface area contributed by atoms with Crippen LogP contribution in [0, 0.1) is 27.3 Å². The minimum Gasteiger partial charge on any atom is -0.340 e. The molecular weight excluding hydrogens is 251 g/mol. The molecule has 2 aromatic rings. The SMILES string of the molecule is N#Cc1nc(Nc2ccc(F)cc2)ccc1[N+](=O)[O-]. The largest absolute Gasteiger partial charge is 0.340 e. The summed E-state index contributed by atoms with van der Waals surface area (Å²) in [6, 6.07) is 9.74. The molecular formula is C12H7FN4O2. The predicted octanol–water partition coefficient (Wildman–Crippen LogP) is 2.74. The van der Waals surface area contributed by atoms with Gasteiger partial charge in [-0.2, -0.15) is 5.26 Å². The molecule has 0 saturated carbocycles. The van der Waals surface area contributed by atoms with Gasteiger partial charge in [0.25, 0.3) is 0 Å². The first-order valence-corrected chi connectivity index (χ1v) is 5.18. The van der Waals surface area contributed by atoms with Crippen LogP contribution in [0.5, 0.6) is 0 Å². The fourth-order valence-electron chi connectivity index (χ4n) is 1.43. The van der Waals surface area contributed by atoms with Crippen LogP contribution in [-0.4, -0.2) is 9.91 Å². The lowest BCUT2D eigenvalue weighted by Crippen LogP contribution is -1.99. The lowest BCUT2D eigenvalue weighted by molar-refractivity contribution is -0.385. The molecule has 6 nitrogen and oxygen atoms in total. The molecule has 0 bridgehead atoms. The van der Waals surface area contributed by atoms with Crippen molar-refractivity contribution in [2.45, 2.75) is 0 Å². The molecule has 1 heterocycles. The Balaban J connectivity index is 2.29. The van der Waals surface area contributed by atoms with Crippen LogP contribution in [0.3, 0.4) is 0 Å². The number of rotatable bonds is 3. The van der Waals surface area contributed by atoms with Crippen molar-refractivity contribution in [2.24, 2.45) is 0 Å². The Morgan fingerprint density at radius 2 is 1.95 bits per heavy atom. The minimum absolute atomic E-state index is 0.272. The van der Waals surface area contributed by atoms with Gasteiger partial charge in [-0.15, -0.1) is 0 Å². The van der Waals surface area contributed by atoms with Gasteiger partial charge >= 0.3 is 5.69 Å². The molecule has 1 aromatic carbocycles. The second-order valence-electron chi connectivity index (χ2n) is 3.57. The van der Waals surface area contributed by atoms with Crippen LogP contribution in [-0.2, 0) is 0 Å². The maximum absolute atomic E-state index is 12.7. The van der Waals surface area contributed by atoms with Gasteiger partial charge in [0.1, 0.15) is 17.7 Å². The van der Waals surface area contributed by atoms with Crippen LogP contribution in [0.2, 0.25) is 0 Å². The summed E-state index contributed by atoms with van der Waals surface area (Å²) < 4.78 is 12.7. The van der Waals surface area contributed by atoms with Gasteiger partial charge < -0.3 is 5.32 Å². The maximum Gasteiger partial charge on any atom is 0.305 e. The Morgan fingerprint density at radius 1 is 1.26 bits per heavy atom. The molecule has 0 aliphatic rings. The van der Waals surface area contributed by atoms with Crippen LogP contribution >= 0.6 is 0 Å². The fraction of sp³-hybridized carbons (Fsp3) is 0. The van der Waals surface area contributed by atoms with Gasteiger partial charge in [-0.1, -0.05) is 0 Å². The third-order valence-electron chi connectivity index (χ3n) is 2.29. The molecule has 7 heteroatoms. The van der Waals surface area contributed by atoms with Crippen LogP contribution in [0.4, 0.5) is 21.6 Å². The van der Waals surface area contributed by atoms with Crippen LogP contribution in [0.25, 0.3) is 0 Å². The molecule has 1 aromatic heterocycles. The first-order chi connectivity index (χ1) is 9.10. The van der Waals surface area contributed by atoms with Crippen molar-refractivity contribution in [1.82, 2.24) is 4.98 Å². The van der Waals surface area contributed by atoms with E-state index >= 15 is 0 Å². The number of nitro groups is 1. The minimum atomic E-state index is -0.673. The number of pyridine rings is 1. The van der Waals surface area contributed by atoms with Crippen molar-refractivity contribution in [3.05, 3.63) is 58.0 Å². The summed E-state index contributed by atoms with van der Waals surface area (Å²) in [5.41, 5.74) is -0.0732. The highest BCUT2D eigenvalue weighted by molar-refractivity contribution is 5.59. The molecule has 19 heavy (non-hydrogen) atoms. The van der Waals surface area contributed by atoms with Gasteiger partial charge in [-0.05, 0) is 30.3 Å². The molecule has 0 spiro atoms. The fourth-order valence-corrected chi connectivity index (χ4v) is 1.43. The topological polar surface area (TPSA) is 91.8 Å². The zero-order valence-electron chi connectivity index (χ0n) is 9.50. The van der Waals surface area contributed by atoms with Gasteiger partial charge in [0.2, 0.25) is 5.69 Å². The molecule has 0 unspecified atom stereocenters. The number of aromatic nitrogens is 1. The quantitative estimate of drug-likeness (QED) is 0.675. The van der Waals surface area contributed by atoms with Crippen molar-refractivity contribution >= 4 is 17.2 Å². The third kappa shape index (κ3) is 2.81. The van der Waals surface area contributed by atoms with E-state index in [1.807, 2.05) is 0 Å². The molecule has 0 atom stereocenters. The number of halogens is 1. The van der Waals surface area contributed by atoms with Gasteiger partial charge in [0.05, 0.1) is 4.92 Å². The van der Waals surface area contributed by atoms with Crippen LogP contribution < -0.4 is 5.32 Å². The van der Waals surface area contributed by atoms with Crippen LogP contribution in [0.15, 0.2) is 36.4 Å². The van der Waals surface area contributed by atoms with E-state index in [2.05, 4.69) is 10.3 Å². The highest BCUT2D eigenvalue weighted by Gasteiger charge is 2.15. The summed E-state index contributed by atoms with van der Waals surface area (Å²) in [6.07, 6.45) is 0. The lowest BCUT2D eigenvalue weighted by Gasteiger charge is -2.05. The molecule has 0 aliphatic heterocycles. The van der Waals surface area contributed by atoms with Crippen LogP contribution in [0.1, 0.15) is 5.69 Å². The average molecular weight is 258 g/mol. The maximum atomic E-state index is 12.7. The summed E-state index contributed by atoms with van der Waals surface area (Å²) in [7, 11) is 0. The van der Waals surface area contributed by atoms with E-state index < -0.39 is 4.92 Å². The van der Waals surface area contributed by atoms with E-state index in [1.54, 1.807) is 6.07 Å². The predicted molar refractivity (Wildman–Crippen MR) is 65.3 cm³/mol. The van der Waals surface area contributed by atoms with Gasteiger partial charge in [-0.25, -0.2) is 9.37 Å². The van der Waals surface area contributed by atoms with Crippen molar-refractivity contribution in [2.75, 3.05) is 5.32 Å². The number of hydrogen-bond acceptors (Lipinski definition) is 5. The smallest absolute Gasteiger partial charge is 0.305 e. The number of nitriles is 1. The molecule has 2 rings (SSSR count). The van der Waals surface area contributed by atoms with Crippen molar-refractivity contribution in [1.29, 1.82) is 5.26 Å². The average Bonchev–Trinajstić information content (AvgIpc) is 2.41. The van der Waals surface area contributed by atoms with E-state index in [0.29, 0.717) is 5.69 Å². The number of benzene rings is 1. The van der Waals surface area contributed by atoms with Gasteiger partial charge in [0, 0.05) is 11.8 Å². The summed E-state index contributed by atoms with van der Waals surface area (Å²) in [5, 5.41) is 22.3. The molecule has 0 aliphatic carbocycles. The molecule has 0 amide bonds. The summed E-state index contributed by atoms with van der Waals surface area (Å²) in [6.45, 7) is 0. The summed E-state index contributed by atoms with van der Waals surface area (Å²) in [4.78, 5) is 13.8. The Labute approximate surface area is 107 Å². The Kier molecular flexibility index (Phi) is 3.34. The lowest BCUT2D eigenvalue weighted by atomic mass is 10.3. The molecule has 0 radical (unpaired) electrons. The molecule has 0 saturated heterocycles. The molecule has 1 N–H and O–H groups in total. The van der Waals surface area contributed by atoms with E-state index in [4.69, 9.17) is 5.26 Å². The van der Waals surface area contributed by atoms with Gasteiger partial charge in [-0.3, -0.25) is 10.1 Å². The second-order valence-corrected chi connectivity index (χ2v) is 3.57. The van der Waals surface area contributed by atoms with Gasteiger partial charge in [0.15, 0.2) is 0 Å². The Bertz CT molecular complexity index is 664. The number of anilines is 2. The molecule has 0 fully saturated rings. The highest BCUT2D eigenvalue weighted by Crippen LogP contribution is 2.21. The van der Waals surface area contributed by atoms with E-state index in [-0.39, 0.29) is 23.0 Å². The summed E-state index contributed by atoms with van der Waals surface area (Å²) >= 11 is 0. The summed E-state index contributed by atoms with van der Waals surface area (Å²) in [5.74, 6) is -0.103. The van der Waals surface area contributed by atoms with Crippen molar-refractivity contribution in [3.63, 3.8) is 0 Å². The Morgan fingerprint density at radius 3 is 2.53 bits per heavy atom. The third-order valence-corrected chi connectivity index (χ3v) is 2.29. The normalized spacial score (nSPS) is 9.68. The number of hydrogen-bond donors (Lipinski definition) is 1. The molecule has 94 valence electrons.